The van der Waals surface area contributed by atoms with Gasteiger partial charge < -0.3 is 0 Å². The zero-order valence-electron chi connectivity index (χ0n) is 12.8. The van der Waals surface area contributed by atoms with Gasteiger partial charge in [0.25, 0.3) is 0 Å². The summed E-state index contributed by atoms with van der Waals surface area (Å²) in [5, 5.41) is 0.544. The molecule has 0 aromatic carbocycles. The third kappa shape index (κ3) is 2.29. The van der Waals surface area contributed by atoms with Gasteiger partial charge in [-0.15, -0.1) is 0 Å². The first-order valence-corrected chi connectivity index (χ1v) is 8.57. The lowest BCUT2D eigenvalue weighted by atomic mass is 9.40. The molecule has 100 valence electrons. The van der Waals surface area contributed by atoms with E-state index in [4.69, 9.17) is 0 Å². The summed E-state index contributed by atoms with van der Waals surface area (Å²) in [5.74, 6) is 5.44. The second-order valence-electron chi connectivity index (χ2n) is 8.53. The van der Waals surface area contributed by atoms with Crippen molar-refractivity contribution in [3.63, 3.8) is 0 Å². The fraction of sp³-hybridized carbons (Fsp3) is 1.00. The molecule has 0 aromatic heterocycles. The highest BCUT2D eigenvalue weighted by molar-refractivity contribution is 6.39. The van der Waals surface area contributed by atoms with Gasteiger partial charge in [0.15, 0.2) is 0 Å². The van der Waals surface area contributed by atoms with Gasteiger partial charge in [0, 0.05) is 0 Å². The van der Waals surface area contributed by atoms with E-state index in [1.165, 1.54) is 25.7 Å². The van der Waals surface area contributed by atoms with Crippen LogP contribution in [0.1, 0.15) is 64.7 Å². The summed E-state index contributed by atoms with van der Waals surface area (Å²) in [6, 6.07) is 0. The SMILES string of the molecule is BC(B)(C)C1CC2CCCCC2C2CCCCC21. The summed E-state index contributed by atoms with van der Waals surface area (Å²) >= 11 is 0. The molecule has 5 atom stereocenters. The molecule has 3 aliphatic rings. The molecule has 3 fully saturated rings. The summed E-state index contributed by atoms with van der Waals surface area (Å²) in [6.45, 7) is 2.51. The Morgan fingerprint density at radius 2 is 1.33 bits per heavy atom. The summed E-state index contributed by atoms with van der Waals surface area (Å²) in [5.41, 5.74) is 0. The van der Waals surface area contributed by atoms with E-state index in [9.17, 15) is 0 Å². The molecule has 0 spiro atoms. The Bertz CT molecular complexity index is 294. The van der Waals surface area contributed by atoms with Gasteiger partial charge >= 0.3 is 0 Å². The van der Waals surface area contributed by atoms with Crippen molar-refractivity contribution in [3.8, 4) is 0 Å². The van der Waals surface area contributed by atoms with Crippen LogP contribution in [-0.2, 0) is 0 Å². The van der Waals surface area contributed by atoms with Crippen LogP contribution in [0.2, 0.25) is 5.21 Å². The van der Waals surface area contributed by atoms with Crippen molar-refractivity contribution in [3.05, 3.63) is 0 Å². The Balaban J connectivity index is 1.84. The summed E-state index contributed by atoms with van der Waals surface area (Å²) in [6.07, 6.45) is 13.9. The van der Waals surface area contributed by atoms with Crippen molar-refractivity contribution in [2.24, 2.45) is 29.6 Å². The maximum absolute atomic E-state index is 2.51. The Hall–Kier alpha value is 0.130. The molecule has 0 bridgehead atoms. The highest BCUT2D eigenvalue weighted by Gasteiger charge is 2.48. The molecule has 3 aliphatic carbocycles. The highest BCUT2D eigenvalue weighted by Crippen LogP contribution is 2.57. The molecule has 0 nitrogen and oxygen atoms in total. The number of rotatable bonds is 1. The zero-order valence-corrected chi connectivity index (χ0v) is 12.8. The summed E-state index contributed by atoms with van der Waals surface area (Å²) in [4.78, 5) is 0. The van der Waals surface area contributed by atoms with Gasteiger partial charge in [-0.05, 0) is 55.3 Å². The molecule has 3 saturated carbocycles. The van der Waals surface area contributed by atoms with Gasteiger partial charge in [0.2, 0.25) is 0 Å². The maximum atomic E-state index is 2.51. The van der Waals surface area contributed by atoms with Crippen molar-refractivity contribution >= 4 is 15.7 Å². The maximum Gasteiger partial charge on any atom is 0.0992 e. The molecule has 0 amide bonds. The van der Waals surface area contributed by atoms with E-state index in [1.807, 2.05) is 0 Å². The lowest BCUT2D eigenvalue weighted by Crippen LogP contribution is -2.46. The second-order valence-corrected chi connectivity index (χ2v) is 8.53. The summed E-state index contributed by atoms with van der Waals surface area (Å²) < 4.78 is 0. The molecule has 2 heteroatoms. The van der Waals surface area contributed by atoms with Crippen LogP contribution in [0, 0.1) is 29.6 Å². The van der Waals surface area contributed by atoms with Gasteiger partial charge in [-0.25, -0.2) is 0 Å². The lowest BCUT2D eigenvalue weighted by molar-refractivity contribution is -0.0197. The Morgan fingerprint density at radius 1 is 0.778 bits per heavy atom. The van der Waals surface area contributed by atoms with Gasteiger partial charge in [0.05, 0.1) is 15.7 Å². The van der Waals surface area contributed by atoms with E-state index in [1.54, 1.807) is 32.1 Å². The van der Waals surface area contributed by atoms with E-state index in [2.05, 4.69) is 22.6 Å². The lowest BCUT2D eigenvalue weighted by Gasteiger charge is -2.55. The van der Waals surface area contributed by atoms with Crippen molar-refractivity contribution in [1.82, 2.24) is 0 Å². The van der Waals surface area contributed by atoms with Crippen LogP contribution in [0.5, 0.6) is 0 Å². The predicted octanol–water partition coefficient (Wildman–Crippen LogP) is 3.02. The summed E-state index contributed by atoms with van der Waals surface area (Å²) in [7, 11) is 5.01. The van der Waals surface area contributed by atoms with Crippen LogP contribution >= 0.6 is 0 Å². The van der Waals surface area contributed by atoms with Crippen molar-refractivity contribution in [2.45, 2.75) is 69.9 Å². The van der Waals surface area contributed by atoms with Crippen LogP contribution < -0.4 is 0 Å². The average Bonchev–Trinajstić information content (AvgIpc) is 2.37. The third-order valence-electron chi connectivity index (χ3n) is 6.58. The Labute approximate surface area is 115 Å². The quantitative estimate of drug-likeness (QED) is 0.622. The van der Waals surface area contributed by atoms with Crippen LogP contribution in [0.4, 0.5) is 0 Å². The minimum absolute atomic E-state index is 0.544. The molecular formula is C16H30B2. The van der Waals surface area contributed by atoms with Crippen LogP contribution in [0.3, 0.4) is 0 Å². The second kappa shape index (κ2) is 4.91. The molecular weight excluding hydrogens is 214 g/mol. The van der Waals surface area contributed by atoms with Crippen LogP contribution in [-0.4, -0.2) is 15.7 Å². The van der Waals surface area contributed by atoms with Crippen LogP contribution in [0.25, 0.3) is 0 Å². The largest absolute Gasteiger partial charge is 0.0992 e. The van der Waals surface area contributed by atoms with Crippen LogP contribution in [0.15, 0.2) is 0 Å². The zero-order chi connectivity index (χ0) is 12.8. The molecule has 3 rings (SSSR count). The first-order valence-electron chi connectivity index (χ1n) is 8.57. The average molecular weight is 244 g/mol. The van der Waals surface area contributed by atoms with E-state index in [0.29, 0.717) is 5.21 Å². The minimum Gasteiger partial charge on any atom is -0.0842 e. The smallest absolute Gasteiger partial charge is 0.0842 e. The standard InChI is InChI=1S/C16H30B2/c1-16(17,18)15-10-11-6-2-3-7-12(11)13-8-4-5-9-14(13)15/h11-15H,2-10,17-18H2,1H3. The van der Waals surface area contributed by atoms with Crippen molar-refractivity contribution < 1.29 is 0 Å². The Morgan fingerprint density at radius 3 is 2.00 bits per heavy atom. The van der Waals surface area contributed by atoms with Crippen molar-refractivity contribution in [1.29, 1.82) is 0 Å². The first kappa shape index (κ1) is 13.1. The Kier molecular flexibility index (Phi) is 3.58. The molecule has 5 unspecified atom stereocenters. The molecule has 18 heavy (non-hydrogen) atoms. The number of fused-ring (bicyclic) bond motifs is 3. The molecule has 0 heterocycles. The molecule has 0 aromatic rings. The molecule has 0 aliphatic heterocycles. The topological polar surface area (TPSA) is 0 Å². The molecule has 0 N–H and O–H groups in total. The van der Waals surface area contributed by atoms with E-state index < -0.39 is 0 Å². The highest BCUT2D eigenvalue weighted by atomic mass is 14.5. The fourth-order valence-electron chi connectivity index (χ4n) is 5.81. The predicted molar refractivity (Wildman–Crippen MR) is 84.5 cm³/mol. The number of hydrogen-bond donors (Lipinski definition) is 0. The van der Waals surface area contributed by atoms with E-state index in [-0.39, 0.29) is 0 Å². The van der Waals surface area contributed by atoms with Crippen molar-refractivity contribution in [2.75, 3.05) is 0 Å². The van der Waals surface area contributed by atoms with Gasteiger partial charge in [-0.2, -0.15) is 0 Å². The monoisotopic (exact) mass is 244 g/mol. The first-order chi connectivity index (χ1) is 8.57. The van der Waals surface area contributed by atoms with E-state index >= 15 is 0 Å². The third-order valence-corrected chi connectivity index (χ3v) is 6.58. The van der Waals surface area contributed by atoms with Gasteiger partial charge in [-0.1, -0.05) is 44.2 Å². The van der Waals surface area contributed by atoms with E-state index in [0.717, 1.165) is 29.6 Å². The minimum atomic E-state index is 0.544. The number of hydrogen-bond acceptors (Lipinski definition) is 0. The molecule has 0 radical (unpaired) electrons. The van der Waals surface area contributed by atoms with Gasteiger partial charge in [-0.3, -0.25) is 0 Å². The molecule has 0 saturated heterocycles. The normalized spacial score (nSPS) is 45.1. The van der Waals surface area contributed by atoms with Gasteiger partial charge in [0.1, 0.15) is 0 Å². The fourth-order valence-corrected chi connectivity index (χ4v) is 5.81.